The monoisotopic (exact) mass is 297 g/mol. The zero-order valence-corrected chi connectivity index (χ0v) is 11.8. The maximum Gasteiger partial charge on any atom is 0.269 e. The second kappa shape index (κ2) is 6.53. The fourth-order valence-electron chi connectivity index (χ4n) is 1.87. The third kappa shape index (κ3) is 3.69. The fraction of sp³-hybridized carbons (Fsp3) is 0.0625. The number of anilines is 1. The number of nitrogens with two attached hydrogens (primary N) is 1. The summed E-state index contributed by atoms with van der Waals surface area (Å²) in [5, 5.41) is 13.7. The van der Waals surface area contributed by atoms with E-state index >= 15 is 0 Å². The van der Waals surface area contributed by atoms with E-state index in [0.717, 1.165) is 11.3 Å². The Morgan fingerprint density at radius 3 is 2.23 bits per heavy atom. The normalized spacial score (nSPS) is 10.0. The summed E-state index contributed by atoms with van der Waals surface area (Å²) >= 11 is 0. The molecule has 22 heavy (non-hydrogen) atoms. The van der Waals surface area contributed by atoms with Gasteiger partial charge in [0.2, 0.25) is 5.91 Å². The Bertz CT molecular complexity index is 706. The molecule has 6 heteroatoms. The number of hydrogen-bond donors (Lipinski definition) is 2. The molecule has 0 radical (unpaired) electrons. The topological polar surface area (TPSA) is 98.3 Å². The summed E-state index contributed by atoms with van der Waals surface area (Å²) in [6.07, 6.45) is 0. The van der Waals surface area contributed by atoms with Gasteiger partial charge in [0.1, 0.15) is 0 Å². The molecule has 2 rings (SSSR count). The van der Waals surface area contributed by atoms with Gasteiger partial charge in [0.05, 0.1) is 4.92 Å². The van der Waals surface area contributed by atoms with Gasteiger partial charge in [0, 0.05) is 29.9 Å². The average Bonchev–Trinajstić information content (AvgIpc) is 2.53. The predicted octanol–water partition coefficient (Wildman–Crippen LogP) is 2.71. The van der Waals surface area contributed by atoms with Crippen LogP contribution < -0.4 is 11.1 Å². The van der Waals surface area contributed by atoms with Crippen molar-refractivity contribution in [1.29, 1.82) is 0 Å². The molecule has 1 amide bonds. The Balaban J connectivity index is 1.98. The molecule has 0 bridgehead atoms. The summed E-state index contributed by atoms with van der Waals surface area (Å²) in [6, 6.07) is 13.5. The number of rotatable bonds is 6. The van der Waals surface area contributed by atoms with E-state index in [1.165, 1.54) is 12.1 Å². The zero-order chi connectivity index (χ0) is 16.1. The van der Waals surface area contributed by atoms with Crippen LogP contribution in [0.15, 0.2) is 55.1 Å². The van der Waals surface area contributed by atoms with Crippen LogP contribution in [0.1, 0.15) is 11.1 Å². The first-order valence-corrected chi connectivity index (χ1v) is 6.53. The number of hydrogen-bond acceptors (Lipinski definition) is 4. The van der Waals surface area contributed by atoms with E-state index in [1.54, 1.807) is 24.3 Å². The lowest BCUT2D eigenvalue weighted by Gasteiger charge is -2.07. The zero-order valence-electron chi connectivity index (χ0n) is 11.8. The minimum atomic E-state index is -0.545. The smallest absolute Gasteiger partial charge is 0.269 e. The number of non-ortho nitro benzene ring substituents is 1. The highest BCUT2D eigenvalue weighted by atomic mass is 16.6. The third-order valence-electron chi connectivity index (χ3n) is 3.17. The number of carbonyl (C=O) groups excluding carboxylic acids is 1. The van der Waals surface area contributed by atoms with Crippen molar-refractivity contribution in [2.24, 2.45) is 5.73 Å². The molecule has 0 fully saturated rings. The quantitative estimate of drug-likeness (QED) is 0.486. The van der Waals surface area contributed by atoms with Crippen molar-refractivity contribution in [3.05, 3.63) is 76.4 Å². The standard InChI is InChI=1S/C16H15N3O3/c1-11(16(17)20)13-4-2-12(3-5-13)10-18-14-6-8-15(9-7-14)19(21)22/h2-9,18H,1,10H2,(H2,17,20). The fourth-order valence-corrected chi connectivity index (χ4v) is 1.87. The van der Waals surface area contributed by atoms with Gasteiger partial charge in [-0.3, -0.25) is 14.9 Å². The van der Waals surface area contributed by atoms with E-state index < -0.39 is 10.8 Å². The van der Waals surface area contributed by atoms with Crippen LogP contribution in [0.25, 0.3) is 5.57 Å². The molecule has 0 aromatic heterocycles. The number of primary amides is 1. The molecule has 0 atom stereocenters. The molecular formula is C16H15N3O3. The molecule has 2 aromatic rings. The van der Waals surface area contributed by atoms with Crippen LogP contribution in [0.5, 0.6) is 0 Å². The molecule has 0 aliphatic heterocycles. The molecule has 0 unspecified atom stereocenters. The third-order valence-corrected chi connectivity index (χ3v) is 3.17. The first-order chi connectivity index (χ1) is 10.5. The molecule has 0 heterocycles. The van der Waals surface area contributed by atoms with Gasteiger partial charge in [-0.2, -0.15) is 0 Å². The first-order valence-electron chi connectivity index (χ1n) is 6.53. The van der Waals surface area contributed by atoms with Gasteiger partial charge in [0.25, 0.3) is 5.69 Å². The minimum absolute atomic E-state index is 0.0554. The van der Waals surface area contributed by atoms with Gasteiger partial charge < -0.3 is 11.1 Å². The van der Waals surface area contributed by atoms with E-state index in [4.69, 9.17) is 5.73 Å². The summed E-state index contributed by atoms with van der Waals surface area (Å²) < 4.78 is 0. The van der Waals surface area contributed by atoms with Crippen molar-refractivity contribution in [2.75, 3.05) is 5.32 Å². The number of carbonyl (C=O) groups is 1. The van der Waals surface area contributed by atoms with Crippen molar-refractivity contribution in [2.45, 2.75) is 6.54 Å². The summed E-state index contributed by atoms with van der Waals surface area (Å²) in [6.45, 7) is 4.18. The molecule has 0 saturated carbocycles. The second-order valence-corrected chi connectivity index (χ2v) is 4.70. The predicted molar refractivity (Wildman–Crippen MR) is 85.1 cm³/mol. The van der Waals surface area contributed by atoms with Gasteiger partial charge in [-0.25, -0.2) is 0 Å². The number of nitrogens with one attached hydrogen (secondary N) is 1. The molecule has 0 aliphatic carbocycles. The van der Waals surface area contributed by atoms with Crippen LogP contribution in [0, 0.1) is 10.1 Å². The molecule has 0 spiro atoms. The van der Waals surface area contributed by atoms with Crippen molar-refractivity contribution in [1.82, 2.24) is 0 Å². The van der Waals surface area contributed by atoms with Gasteiger partial charge in [-0.1, -0.05) is 30.8 Å². The van der Waals surface area contributed by atoms with Gasteiger partial charge in [-0.15, -0.1) is 0 Å². The van der Waals surface area contributed by atoms with Crippen LogP contribution in [0.2, 0.25) is 0 Å². The van der Waals surface area contributed by atoms with Crippen LogP contribution >= 0.6 is 0 Å². The molecule has 6 nitrogen and oxygen atoms in total. The van der Waals surface area contributed by atoms with E-state index in [1.807, 2.05) is 12.1 Å². The largest absolute Gasteiger partial charge is 0.381 e. The van der Waals surface area contributed by atoms with Crippen LogP contribution in [-0.4, -0.2) is 10.8 Å². The maximum absolute atomic E-state index is 11.0. The summed E-state index contributed by atoms with van der Waals surface area (Å²) in [7, 11) is 0. The number of nitrogens with zero attached hydrogens (tertiary/aromatic N) is 1. The molecule has 3 N–H and O–H groups in total. The van der Waals surface area contributed by atoms with Gasteiger partial charge >= 0.3 is 0 Å². The Hall–Kier alpha value is -3.15. The SMILES string of the molecule is C=C(C(N)=O)c1ccc(CNc2ccc([N+](=O)[O-])cc2)cc1. The molecular weight excluding hydrogens is 282 g/mol. The summed E-state index contributed by atoms with van der Waals surface area (Å²) in [4.78, 5) is 21.2. The Kier molecular flexibility index (Phi) is 4.53. The summed E-state index contributed by atoms with van der Waals surface area (Å²) in [5.74, 6) is -0.545. The van der Waals surface area contributed by atoms with Crippen molar-refractivity contribution in [3.8, 4) is 0 Å². The van der Waals surface area contributed by atoms with Crippen LogP contribution in [-0.2, 0) is 11.3 Å². The highest BCUT2D eigenvalue weighted by Crippen LogP contribution is 2.17. The second-order valence-electron chi connectivity index (χ2n) is 4.70. The van der Waals surface area contributed by atoms with Crippen LogP contribution in [0.3, 0.4) is 0 Å². The maximum atomic E-state index is 11.0. The van der Waals surface area contributed by atoms with Crippen LogP contribution in [0.4, 0.5) is 11.4 Å². The Labute approximate surface area is 127 Å². The lowest BCUT2D eigenvalue weighted by Crippen LogP contribution is -2.11. The first kappa shape index (κ1) is 15.2. The van der Waals surface area contributed by atoms with Crippen molar-refractivity contribution >= 4 is 22.9 Å². The lowest BCUT2D eigenvalue weighted by atomic mass is 10.1. The molecule has 2 aromatic carbocycles. The van der Waals surface area contributed by atoms with Crippen molar-refractivity contribution < 1.29 is 9.72 Å². The van der Waals surface area contributed by atoms with E-state index in [2.05, 4.69) is 11.9 Å². The molecule has 112 valence electrons. The summed E-state index contributed by atoms with van der Waals surface area (Å²) in [5.41, 5.74) is 7.98. The molecule has 0 aliphatic rings. The number of nitro benzene ring substituents is 1. The number of benzene rings is 2. The van der Waals surface area contributed by atoms with Crippen molar-refractivity contribution in [3.63, 3.8) is 0 Å². The average molecular weight is 297 g/mol. The highest BCUT2D eigenvalue weighted by molar-refractivity contribution is 6.17. The minimum Gasteiger partial charge on any atom is -0.381 e. The molecule has 0 saturated heterocycles. The van der Waals surface area contributed by atoms with Gasteiger partial charge in [0.15, 0.2) is 0 Å². The van der Waals surface area contributed by atoms with E-state index in [9.17, 15) is 14.9 Å². The van der Waals surface area contributed by atoms with E-state index in [0.29, 0.717) is 12.1 Å². The Morgan fingerprint density at radius 2 is 1.73 bits per heavy atom. The Morgan fingerprint density at radius 1 is 1.14 bits per heavy atom. The number of nitro groups is 1. The van der Waals surface area contributed by atoms with Gasteiger partial charge in [-0.05, 0) is 23.3 Å². The number of amides is 1. The highest BCUT2D eigenvalue weighted by Gasteiger charge is 2.05. The van der Waals surface area contributed by atoms with E-state index in [-0.39, 0.29) is 11.3 Å². The lowest BCUT2D eigenvalue weighted by molar-refractivity contribution is -0.384.